The van der Waals surface area contributed by atoms with Gasteiger partial charge in [0.05, 0.1) is 0 Å². The highest BCUT2D eigenvalue weighted by Gasteiger charge is 2.40. The highest BCUT2D eigenvalue weighted by molar-refractivity contribution is 7.80. The highest BCUT2D eigenvalue weighted by Crippen LogP contribution is 2.36. The van der Waals surface area contributed by atoms with Crippen molar-refractivity contribution in [3.05, 3.63) is 65.2 Å². The molecule has 142 valence electrons. The number of nitrogens with one attached hydrogen (secondary N) is 2. The van der Waals surface area contributed by atoms with E-state index in [9.17, 15) is 0 Å². The molecule has 0 aliphatic carbocycles. The van der Waals surface area contributed by atoms with Crippen molar-refractivity contribution < 1.29 is 0 Å². The Morgan fingerprint density at radius 1 is 1.00 bits per heavy atom. The lowest BCUT2D eigenvalue weighted by Gasteiger charge is -2.39. The molecule has 2 aliphatic rings. The lowest BCUT2D eigenvalue weighted by atomic mass is 9.96. The molecule has 0 radical (unpaired) electrons. The summed E-state index contributed by atoms with van der Waals surface area (Å²) in [6.07, 6.45) is 4.98. The Hall–Kier alpha value is -1.91. The van der Waals surface area contributed by atoms with Gasteiger partial charge in [-0.2, -0.15) is 0 Å². The molecule has 4 heteroatoms. The van der Waals surface area contributed by atoms with Crippen molar-refractivity contribution in [2.45, 2.75) is 64.2 Å². The Morgan fingerprint density at radius 2 is 1.70 bits per heavy atom. The topological polar surface area (TPSA) is 27.3 Å². The monoisotopic (exact) mass is 379 g/mol. The van der Waals surface area contributed by atoms with Crippen LogP contribution in [0, 0.1) is 13.8 Å². The number of hydrogen-bond acceptors (Lipinski definition) is 2. The maximum Gasteiger partial charge on any atom is 0.170 e. The third-order valence-corrected chi connectivity index (χ3v) is 6.41. The van der Waals surface area contributed by atoms with Gasteiger partial charge in [0.25, 0.3) is 0 Å². The van der Waals surface area contributed by atoms with Gasteiger partial charge in [-0.05, 0) is 80.6 Å². The second kappa shape index (κ2) is 7.99. The zero-order chi connectivity index (χ0) is 18.8. The maximum absolute atomic E-state index is 5.59. The molecule has 2 aromatic carbocycles. The summed E-state index contributed by atoms with van der Waals surface area (Å²) in [6.45, 7) is 5.35. The second-order valence-corrected chi connectivity index (χ2v) is 8.52. The molecule has 4 rings (SSSR count). The van der Waals surface area contributed by atoms with Crippen LogP contribution >= 0.6 is 12.2 Å². The molecule has 2 bridgehead atoms. The van der Waals surface area contributed by atoms with E-state index in [2.05, 4.69) is 77.9 Å². The molecule has 2 fully saturated rings. The van der Waals surface area contributed by atoms with E-state index in [1.807, 2.05) is 0 Å². The maximum atomic E-state index is 5.59. The molecule has 0 amide bonds. The first kappa shape index (κ1) is 18.5. The molecule has 0 saturated carbocycles. The summed E-state index contributed by atoms with van der Waals surface area (Å²) < 4.78 is 0. The molecule has 0 spiro atoms. The normalized spacial score (nSPS) is 24.6. The lowest BCUT2D eigenvalue weighted by molar-refractivity contribution is 0.115. The Balaban J connectivity index is 1.33. The molecule has 27 heavy (non-hydrogen) atoms. The number of nitrogens with zero attached hydrogens (tertiary/aromatic N) is 1. The van der Waals surface area contributed by atoms with Crippen molar-refractivity contribution in [1.29, 1.82) is 0 Å². The molecule has 0 unspecified atom stereocenters. The van der Waals surface area contributed by atoms with E-state index >= 15 is 0 Å². The predicted molar refractivity (Wildman–Crippen MR) is 117 cm³/mol. The molecular formula is C23H29N3S. The molecule has 2 saturated heterocycles. The average Bonchev–Trinajstić information content (AvgIpc) is 2.88. The average molecular weight is 380 g/mol. The minimum Gasteiger partial charge on any atom is -0.360 e. The summed E-state index contributed by atoms with van der Waals surface area (Å²) >= 11 is 5.59. The first-order valence-corrected chi connectivity index (χ1v) is 10.4. The van der Waals surface area contributed by atoms with E-state index < -0.39 is 0 Å². The van der Waals surface area contributed by atoms with E-state index in [1.54, 1.807) is 0 Å². The van der Waals surface area contributed by atoms with Gasteiger partial charge in [-0.3, -0.25) is 4.90 Å². The quantitative estimate of drug-likeness (QED) is 0.747. The molecule has 2 heterocycles. The van der Waals surface area contributed by atoms with Crippen LogP contribution in [0.1, 0.15) is 42.4 Å². The van der Waals surface area contributed by atoms with Crippen LogP contribution in [-0.2, 0) is 6.54 Å². The van der Waals surface area contributed by atoms with Crippen molar-refractivity contribution in [1.82, 2.24) is 10.2 Å². The van der Waals surface area contributed by atoms with Gasteiger partial charge in [0, 0.05) is 30.4 Å². The van der Waals surface area contributed by atoms with Crippen LogP contribution in [0.3, 0.4) is 0 Å². The zero-order valence-corrected chi connectivity index (χ0v) is 17.1. The SMILES string of the molecule is Cc1ccc(NC(=S)NC2C[C@@H]3CC[C@@H](C2)N3Cc2ccccc2)cc1C. The third kappa shape index (κ3) is 4.33. The lowest BCUT2D eigenvalue weighted by Crippen LogP contribution is -2.50. The van der Waals surface area contributed by atoms with Crippen LogP contribution in [0.5, 0.6) is 0 Å². The number of thiocarbonyl (C=S) groups is 1. The Kier molecular flexibility index (Phi) is 5.46. The molecule has 3 nitrogen and oxygen atoms in total. The summed E-state index contributed by atoms with van der Waals surface area (Å²) in [7, 11) is 0. The van der Waals surface area contributed by atoms with Gasteiger partial charge in [-0.15, -0.1) is 0 Å². The van der Waals surface area contributed by atoms with Gasteiger partial charge in [-0.25, -0.2) is 0 Å². The smallest absolute Gasteiger partial charge is 0.170 e. The van der Waals surface area contributed by atoms with Crippen LogP contribution in [0.2, 0.25) is 0 Å². The Labute approximate surface area is 168 Å². The van der Waals surface area contributed by atoms with Crippen molar-refractivity contribution in [2.75, 3.05) is 5.32 Å². The summed E-state index contributed by atoms with van der Waals surface area (Å²) in [5.41, 5.74) is 5.09. The number of hydrogen-bond donors (Lipinski definition) is 2. The first-order chi connectivity index (χ1) is 13.1. The number of rotatable bonds is 4. The van der Waals surface area contributed by atoms with Gasteiger partial charge < -0.3 is 10.6 Å². The van der Waals surface area contributed by atoms with E-state index in [-0.39, 0.29) is 0 Å². The summed E-state index contributed by atoms with van der Waals surface area (Å²) in [6, 6.07) is 19.1. The molecule has 2 aromatic rings. The van der Waals surface area contributed by atoms with E-state index in [0.29, 0.717) is 18.1 Å². The largest absolute Gasteiger partial charge is 0.360 e. The molecule has 2 aliphatic heterocycles. The summed E-state index contributed by atoms with van der Waals surface area (Å²) in [5, 5.41) is 7.69. The predicted octanol–water partition coefficient (Wildman–Crippen LogP) is 4.79. The number of fused-ring (bicyclic) bond motifs is 2. The standard InChI is InChI=1S/C23H29N3S/c1-16-8-9-19(12-17(16)2)24-23(27)25-20-13-21-10-11-22(14-20)26(21)15-18-6-4-3-5-7-18/h3-9,12,20-22H,10-11,13-15H2,1-2H3,(H2,24,25,27)/t21-,22-/m0/s1. The fraction of sp³-hybridized carbons (Fsp3) is 0.435. The van der Waals surface area contributed by atoms with Crippen LogP contribution in [0.15, 0.2) is 48.5 Å². The van der Waals surface area contributed by atoms with E-state index in [4.69, 9.17) is 12.2 Å². The van der Waals surface area contributed by atoms with Crippen molar-refractivity contribution in [3.63, 3.8) is 0 Å². The van der Waals surface area contributed by atoms with Gasteiger partial charge in [0.1, 0.15) is 0 Å². The zero-order valence-electron chi connectivity index (χ0n) is 16.2. The minimum atomic E-state index is 0.473. The van der Waals surface area contributed by atoms with Gasteiger partial charge in [-0.1, -0.05) is 36.4 Å². The number of piperidine rings is 1. The summed E-state index contributed by atoms with van der Waals surface area (Å²) in [4.78, 5) is 2.72. The van der Waals surface area contributed by atoms with E-state index in [1.165, 1.54) is 42.4 Å². The third-order valence-electron chi connectivity index (χ3n) is 6.19. The van der Waals surface area contributed by atoms with Crippen LogP contribution in [-0.4, -0.2) is 28.1 Å². The minimum absolute atomic E-state index is 0.473. The van der Waals surface area contributed by atoms with Gasteiger partial charge in [0.15, 0.2) is 5.11 Å². The Morgan fingerprint density at radius 3 is 2.37 bits per heavy atom. The number of aryl methyl sites for hydroxylation is 2. The number of anilines is 1. The molecule has 2 N–H and O–H groups in total. The van der Waals surface area contributed by atoms with Crippen LogP contribution in [0.4, 0.5) is 5.69 Å². The second-order valence-electron chi connectivity index (χ2n) is 8.11. The van der Waals surface area contributed by atoms with Crippen molar-refractivity contribution in [3.8, 4) is 0 Å². The number of benzene rings is 2. The van der Waals surface area contributed by atoms with Crippen LogP contribution in [0.25, 0.3) is 0 Å². The molecular weight excluding hydrogens is 350 g/mol. The van der Waals surface area contributed by atoms with Gasteiger partial charge >= 0.3 is 0 Å². The Bertz CT molecular complexity index is 791. The molecule has 2 atom stereocenters. The summed E-state index contributed by atoms with van der Waals surface area (Å²) in [5.74, 6) is 0. The van der Waals surface area contributed by atoms with Crippen LogP contribution < -0.4 is 10.6 Å². The van der Waals surface area contributed by atoms with Gasteiger partial charge in [0.2, 0.25) is 0 Å². The van der Waals surface area contributed by atoms with Crippen molar-refractivity contribution >= 4 is 23.0 Å². The fourth-order valence-corrected chi connectivity index (χ4v) is 4.90. The molecule has 0 aromatic heterocycles. The highest BCUT2D eigenvalue weighted by atomic mass is 32.1. The van der Waals surface area contributed by atoms with E-state index in [0.717, 1.165) is 17.3 Å². The van der Waals surface area contributed by atoms with Crippen molar-refractivity contribution in [2.24, 2.45) is 0 Å². The fourth-order valence-electron chi connectivity index (χ4n) is 4.62. The first-order valence-electron chi connectivity index (χ1n) is 10.0.